The fraction of sp³-hybridized carbons (Fsp3) is 0.579. The Morgan fingerprint density at radius 2 is 2.15 bits per heavy atom. The summed E-state index contributed by atoms with van der Waals surface area (Å²) in [4.78, 5) is 15.5. The third-order valence-corrected chi connectivity index (χ3v) is 6.29. The summed E-state index contributed by atoms with van der Waals surface area (Å²) in [6, 6.07) is 8.05. The number of rotatable bonds is 6. The van der Waals surface area contributed by atoms with Crippen molar-refractivity contribution in [1.82, 2.24) is 10.6 Å². The van der Waals surface area contributed by atoms with Gasteiger partial charge in [-0.25, -0.2) is 0 Å². The van der Waals surface area contributed by atoms with Crippen molar-refractivity contribution < 1.29 is 9.00 Å². The van der Waals surface area contributed by atoms with Gasteiger partial charge in [0.05, 0.1) is 0 Å². The second kappa shape index (κ2) is 10.3. The molecule has 0 radical (unpaired) electrons. The molecule has 0 aliphatic heterocycles. The van der Waals surface area contributed by atoms with Crippen LogP contribution in [0.2, 0.25) is 0 Å². The van der Waals surface area contributed by atoms with Gasteiger partial charge >= 0.3 is 0 Å². The van der Waals surface area contributed by atoms with E-state index in [1.165, 1.54) is 6.92 Å². The quantitative estimate of drug-likeness (QED) is 0.524. The average Bonchev–Trinajstić information content (AvgIpc) is 2.64. The predicted molar refractivity (Wildman–Crippen MR) is 109 cm³/mol. The minimum atomic E-state index is -0.727. The van der Waals surface area contributed by atoms with Gasteiger partial charge in [0, 0.05) is 54.0 Å². The van der Waals surface area contributed by atoms with Gasteiger partial charge < -0.3 is 16.0 Å². The van der Waals surface area contributed by atoms with E-state index in [0.717, 1.165) is 48.6 Å². The maximum absolute atomic E-state index is 12.1. The molecule has 0 heterocycles. The van der Waals surface area contributed by atoms with Crippen molar-refractivity contribution in [3.8, 4) is 0 Å². The molecular weight excluding hydrogens is 348 g/mol. The van der Waals surface area contributed by atoms with Crippen molar-refractivity contribution in [2.24, 2.45) is 4.99 Å². The molecule has 1 amide bonds. The largest absolute Gasteiger partial charge is 0.354 e. The summed E-state index contributed by atoms with van der Waals surface area (Å²) >= 11 is 0. The fourth-order valence-electron chi connectivity index (χ4n) is 3.29. The maximum atomic E-state index is 12.1. The van der Waals surface area contributed by atoms with E-state index in [9.17, 15) is 9.00 Å². The van der Waals surface area contributed by atoms with Gasteiger partial charge in [0.1, 0.15) is 0 Å². The first kappa shape index (κ1) is 20.4. The Morgan fingerprint density at radius 1 is 1.35 bits per heavy atom. The first-order valence-electron chi connectivity index (χ1n) is 9.22. The standard InChI is InChI=1S/C19H30N4O2S/c1-4-26(25)18-10-6-9-17(12-18)23-19(20-3)21-13-15-7-5-8-16(11-15)22-14(2)24/h5,7-8,11,17-18H,4,6,9-10,12-13H2,1-3H3,(H,22,24)(H2,20,21,23). The summed E-state index contributed by atoms with van der Waals surface area (Å²) in [7, 11) is 1.03. The number of carbonyl (C=O) groups excluding carboxylic acids is 1. The summed E-state index contributed by atoms with van der Waals surface area (Å²) in [5.41, 5.74) is 1.85. The molecule has 2 rings (SSSR count). The lowest BCUT2D eigenvalue weighted by Crippen LogP contribution is -2.46. The zero-order valence-electron chi connectivity index (χ0n) is 15.9. The van der Waals surface area contributed by atoms with Gasteiger partial charge in [-0.1, -0.05) is 25.5 Å². The van der Waals surface area contributed by atoms with E-state index in [2.05, 4.69) is 20.9 Å². The van der Waals surface area contributed by atoms with E-state index in [0.29, 0.717) is 17.8 Å². The number of anilines is 1. The summed E-state index contributed by atoms with van der Waals surface area (Å²) < 4.78 is 12.1. The van der Waals surface area contributed by atoms with Crippen LogP contribution >= 0.6 is 0 Å². The first-order valence-corrected chi connectivity index (χ1v) is 10.6. The Kier molecular flexibility index (Phi) is 8.09. The molecule has 0 spiro atoms. The highest BCUT2D eigenvalue weighted by atomic mass is 32.2. The minimum absolute atomic E-state index is 0.0797. The smallest absolute Gasteiger partial charge is 0.221 e. The number of guanidine groups is 1. The summed E-state index contributed by atoms with van der Waals surface area (Å²) in [6.45, 7) is 4.10. The van der Waals surface area contributed by atoms with E-state index >= 15 is 0 Å². The first-order chi connectivity index (χ1) is 12.5. The van der Waals surface area contributed by atoms with Crippen LogP contribution in [0.1, 0.15) is 45.1 Å². The van der Waals surface area contributed by atoms with Crippen molar-refractivity contribution in [2.75, 3.05) is 18.1 Å². The Hall–Kier alpha value is -1.89. The van der Waals surface area contributed by atoms with E-state index in [1.807, 2.05) is 31.2 Å². The topological polar surface area (TPSA) is 82.6 Å². The number of aliphatic imine (C=N–C) groups is 1. The minimum Gasteiger partial charge on any atom is -0.354 e. The van der Waals surface area contributed by atoms with Crippen molar-refractivity contribution in [1.29, 1.82) is 0 Å². The molecule has 3 unspecified atom stereocenters. The molecule has 1 aliphatic rings. The van der Waals surface area contributed by atoms with Crippen LogP contribution in [0.3, 0.4) is 0 Å². The van der Waals surface area contributed by atoms with Crippen molar-refractivity contribution in [3.63, 3.8) is 0 Å². The molecule has 1 fully saturated rings. The van der Waals surface area contributed by atoms with E-state index in [1.54, 1.807) is 7.05 Å². The lowest BCUT2D eigenvalue weighted by Gasteiger charge is -2.30. The highest BCUT2D eigenvalue weighted by molar-refractivity contribution is 7.85. The van der Waals surface area contributed by atoms with Crippen LogP contribution in [0, 0.1) is 0 Å². The van der Waals surface area contributed by atoms with E-state index in [4.69, 9.17) is 0 Å². The van der Waals surface area contributed by atoms with Gasteiger partial charge in [0.25, 0.3) is 0 Å². The van der Waals surface area contributed by atoms with Crippen LogP contribution in [-0.4, -0.2) is 40.2 Å². The molecule has 1 saturated carbocycles. The van der Waals surface area contributed by atoms with Crippen molar-refractivity contribution in [2.45, 2.75) is 57.4 Å². The molecule has 1 aliphatic carbocycles. The second-order valence-electron chi connectivity index (χ2n) is 6.61. The predicted octanol–water partition coefficient (Wildman–Crippen LogP) is 2.39. The number of nitrogens with zero attached hydrogens (tertiary/aromatic N) is 1. The molecule has 3 N–H and O–H groups in total. The van der Waals surface area contributed by atoms with Gasteiger partial charge in [-0.2, -0.15) is 0 Å². The van der Waals surface area contributed by atoms with E-state index < -0.39 is 10.8 Å². The van der Waals surface area contributed by atoms with Gasteiger partial charge in [-0.3, -0.25) is 14.0 Å². The molecular formula is C19H30N4O2S. The van der Waals surface area contributed by atoms with Crippen molar-refractivity contribution >= 4 is 28.4 Å². The lowest BCUT2D eigenvalue weighted by atomic mass is 9.95. The van der Waals surface area contributed by atoms with Crippen LogP contribution < -0.4 is 16.0 Å². The Morgan fingerprint density at radius 3 is 2.85 bits per heavy atom. The van der Waals surface area contributed by atoms with Crippen molar-refractivity contribution in [3.05, 3.63) is 29.8 Å². The molecule has 26 heavy (non-hydrogen) atoms. The highest BCUT2D eigenvalue weighted by Crippen LogP contribution is 2.23. The lowest BCUT2D eigenvalue weighted by molar-refractivity contribution is -0.114. The van der Waals surface area contributed by atoms with Gasteiger partial charge in [0.2, 0.25) is 5.91 Å². The van der Waals surface area contributed by atoms with Gasteiger partial charge in [-0.05, 0) is 37.0 Å². The SMILES string of the molecule is CCS(=O)C1CCCC(NC(=NC)NCc2cccc(NC(C)=O)c2)C1. The summed E-state index contributed by atoms with van der Waals surface area (Å²) in [5, 5.41) is 9.87. The molecule has 7 heteroatoms. The summed E-state index contributed by atoms with van der Waals surface area (Å²) in [5.74, 6) is 1.40. The van der Waals surface area contributed by atoms with Crippen LogP contribution in [0.25, 0.3) is 0 Å². The molecule has 144 valence electrons. The molecule has 0 aromatic heterocycles. The Balaban J connectivity index is 1.88. The molecule has 0 saturated heterocycles. The fourth-order valence-corrected chi connectivity index (χ4v) is 4.63. The number of hydrogen-bond acceptors (Lipinski definition) is 3. The van der Waals surface area contributed by atoms with Crippen LogP contribution in [-0.2, 0) is 22.1 Å². The third-order valence-electron chi connectivity index (χ3n) is 4.55. The van der Waals surface area contributed by atoms with Crippen LogP contribution in [0.5, 0.6) is 0 Å². The number of amides is 1. The Labute approximate surface area is 158 Å². The number of nitrogens with one attached hydrogen (secondary N) is 3. The zero-order chi connectivity index (χ0) is 18.9. The van der Waals surface area contributed by atoms with E-state index in [-0.39, 0.29) is 5.91 Å². The molecule has 6 nitrogen and oxygen atoms in total. The molecule has 3 atom stereocenters. The Bertz CT molecular complexity index is 663. The zero-order valence-corrected chi connectivity index (χ0v) is 16.7. The summed E-state index contributed by atoms with van der Waals surface area (Å²) in [6.07, 6.45) is 4.17. The third kappa shape index (κ3) is 6.44. The molecule has 1 aromatic rings. The van der Waals surface area contributed by atoms with Gasteiger partial charge in [-0.15, -0.1) is 0 Å². The monoisotopic (exact) mass is 378 g/mol. The van der Waals surface area contributed by atoms with Crippen LogP contribution in [0.4, 0.5) is 5.69 Å². The molecule has 0 bridgehead atoms. The van der Waals surface area contributed by atoms with Crippen LogP contribution in [0.15, 0.2) is 29.3 Å². The maximum Gasteiger partial charge on any atom is 0.221 e. The average molecular weight is 379 g/mol. The second-order valence-corrected chi connectivity index (χ2v) is 8.61. The number of hydrogen-bond donors (Lipinski definition) is 3. The van der Waals surface area contributed by atoms with Gasteiger partial charge in [0.15, 0.2) is 5.96 Å². The molecule has 1 aromatic carbocycles. The normalized spacial score (nSPS) is 21.7. The highest BCUT2D eigenvalue weighted by Gasteiger charge is 2.25. The number of benzene rings is 1. The number of carbonyl (C=O) groups is 1.